The second-order valence-corrected chi connectivity index (χ2v) is 8.23. The summed E-state index contributed by atoms with van der Waals surface area (Å²) in [5.41, 5.74) is 2.68. The molecule has 2 aliphatic rings. The van der Waals surface area contributed by atoms with Gasteiger partial charge in [0.15, 0.2) is 6.19 Å². The molecule has 8 nitrogen and oxygen atoms in total. The van der Waals surface area contributed by atoms with Crippen LogP contribution >= 0.6 is 23.2 Å². The van der Waals surface area contributed by atoms with Gasteiger partial charge in [-0.3, -0.25) is 20.4 Å². The van der Waals surface area contributed by atoms with Gasteiger partial charge in [0.25, 0.3) is 0 Å². The molecule has 0 spiro atoms. The van der Waals surface area contributed by atoms with Crippen LogP contribution in [0.25, 0.3) is 0 Å². The number of amides is 1. The Hall–Kier alpha value is -3.12. The molecular weight excluding hydrogens is 449 g/mol. The summed E-state index contributed by atoms with van der Waals surface area (Å²) in [6.07, 6.45) is 2.62. The molecular formula is C22H21Cl2N7O. The minimum absolute atomic E-state index is 0.00739. The summed E-state index contributed by atoms with van der Waals surface area (Å²) in [4.78, 5) is 18.7. The Bertz CT molecular complexity index is 1080. The number of aliphatic imine (C=N–C) groups is 1. The molecule has 0 bridgehead atoms. The first-order valence-corrected chi connectivity index (χ1v) is 10.9. The van der Waals surface area contributed by atoms with Crippen LogP contribution < -0.4 is 10.6 Å². The average molecular weight is 470 g/mol. The number of guanidine groups is 1. The normalized spacial score (nSPS) is 18.7. The molecule has 2 aromatic carbocycles. The highest BCUT2D eigenvalue weighted by molar-refractivity contribution is 6.31. The number of nitrogens with zero attached hydrogens (tertiary/aromatic N) is 5. The van der Waals surface area contributed by atoms with Crippen molar-refractivity contribution in [3.63, 3.8) is 0 Å². The molecule has 32 heavy (non-hydrogen) atoms. The second kappa shape index (κ2) is 10.0. The van der Waals surface area contributed by atoms with Gasteiger partial charge in [0, 0.05) is 22.2 Å². The number of hydrogen-bond acceptors (Lipinski definition) is 5. The fourth-order valence-corrected chi connectivity index (χ4v) is 3.93. The van der Waals surface area contributed by atoms with E-state index in [9.17, 15) is 10.1 Å². The van der Waals surface area contributed by atoms with Crippen molar-refractivity contribution in [3.05, 3.63) is 69.7 Å². The molecule has 164 valence electrons. The number of benzene rings is 2. The third-order valence-corrected chi connectivity index (χ3v) is 5.78. The first-order chi connectivity index (χ1) is 15.5. The SMILES string of the molecule is N#CNC(=NCCc1ccc(Cl)cc1)N1CC(N2CNCC2=O)C(c2ccc(Cl)cc2)=N1. The number of nitriles is 1. The van der Waals surface area contributed by atoms with Gasteiger partial charge in [0.2, 0.25) is 11.9 Å². The fourth-order valence-electron chi connectivity index (χ4n) is 3.67. The van der Waals surface area contributed by atoms with Crippen molar-refractivity contribution < 1.29 is 4.79 Å². The Morgan fingerprint density at radius 3 is 2.50 bits per heavy atom. The minimum atomic E-state index is -0.277. The van der Waals surface area contributed by atoms with Crippen molar-refractivity contribution in [1.82, 2.24) is 20.5 Å². The van der Waals surface area contributed by atoms with E-state index in [0.29, 0.717) is 48.7 Å². The Labute approximate surface area is 196 Å². The molecule has 2 aromatic rings. The Kier molecular flexibility index (Phi) is 6.90. The maximum atomic E-state index is 12.4. The van der Waals surface area contributed by atoms with E-state index in [4.69, 9.17) is 28.3 Å². The predicted octanol–water partition coefficient (Wildman–Crippen LogP) is 2.44. The number of hydrazone groups is 1. The maximum Gasteiger partial charge on any atom is 0.238 e. The standard InChI is InChI=1S/C22H21Cl2N7O/c23-17-5-1-15(2-6-17)9-10-27-22(28-13-25)31-12-19(30-14-26-11-20(30)32)21(29-31)16-3-7-18(24)8-4-16/h1-8,19,26H,9-12,14H2,(H,27,28). The molecule has 2 aliphatic heterocycles. The fraction of sp³-hybridized carbons (Fsp3) is 0.273. The zero-order valence-electron chi connectivity index (χ0n) is 17.1. The van der Waals surface area contributed by atoms with Crippen LogP contribution in [0.2, 0.25) is 10.0 Å². The van der Waals surface area contributed by atoms with E-state index in [-0.39, 0.29) is 11.9 Å². The van der Waals surface area contributed by atoms with Gasteiger partial charge in [-0.15, -0.1) is 0 Å². The van der Waals surface area contributed by atoms with Crippen LogP contribution in [0.1, 0.15) is 11.1 Å². The summed E-state index contributed by atoms with van der Waals surface area (Å²) in [5.74, 6) is 0.350. The van der Waals surface area contributed by atoms with E-state index in [1.807, 2.05) is 42.6 Å². The smallest absolute Gasteiger partial charge is 0.238 e. The third kappa shape index (κ3) is 5.02. The Balaban J connectivity index is 1.57. The molecule has 1 fully saturated rings. The van der Waals surface area contributed by atoms with Gasteiger partial charge in [-0.05, 0) is 36.2 Å². The van der Waals surface area contributed by atoms with Crippen LogP contribution in [-0.4, -0.2) is 59.8 Å². The summed E-state index contributed by atoms with van der Waals surface area (Å²) in [6, 6.07) is 14.6. The molecule has 0 aliphatic carbocycles. The lowest BCUT2D eigenvalue weighted by atomic mass is 10.0. The number of nitrogens with one attached hydrogen (secondary N) is 2. The molecule has 1 unspecified atom stereocenters. The Morgan fingerprint density at radius 1 is 1.19 bits per heavy atom. The van der Waals surface area contributed by atoms with Gasteiger partial charge in [0.05, 0.1) is 31.5 Å². The summed E-state index contributed by atoms with van der Waals surface area (Å²) < 4.78 is 0. The second-order valence-electron chi connectivity index (χ2n) is 7.36. The zero-order valence-corrected chi connectivity index (χ0v) is 18.6. The van der Waals surface area contributed by atoms with Crippen LogP contribution in [0.15, 0.2) is 58.6 Å². The molecule has 4 rings (SSSR count). The van der Waals surface area contributed by atoms with E-state index in [1.165, 1.54) is 0 Å². The first kappa shape index (κ1) is 22.1. The van der Waals surface area contributed by atoms with Crippen LogP contribution in [0.3, 0.4) is 0 Å². The maximum absolute atomic E-state index is 12.4. The lowest BCUT2D eigenvalue weighted by molar-refractivity contribution is -0.127. The van der Waals surface area contributed by atoms with Gasteiger partial charge in [-0.1, -0.05) is 47.5 Å². The van der Waals surface area contributed by atoms with Crippen LogP contribution in [0.4, 0.5) is 0 Å². The number of rotatable bonds is 5. The molecule has 2 N–H and O–H groups in total. The molecule has 0 aromatic heterocycles. The van der Waals surface area contributed by atoms with Crippen molar-refractivity contribution in [1.29, 1.82) is 5.26 Å². The Morgan fingerprint density at radius 2 is 1.88 bits per heavy atom. The van der Waals surface area contributed by atoms with Gasteiger partial charge in [0.1, 0.15) is 0 Å². The number of hydrogen-bond donors (Lipinski definition) is 2. The summed E-state index contributed by atoms with van der Waals surface area (Å²) in [6.45, 7) is 1.59. The molecule has 10 heteroatoms. The van der Waals surface area contributed by atoms with Crippen LogP contribution in [-0.2, 0) is 11.2 Å². The van der Waals surface area contributed by atoms with Crippen molar-refractivity contribution >= 4 is 40.8 Å². The van der Waals surface area contributed by atoms with E-state index in [2.05, 4.69) is 15.6 Å². The van der Waals surface area contributed by atoms with Gasteiger partial charge in [-0.25, -0.2) is 5.01 Å². The van der Waals surface area contributed by atoms with Gasteiger partial charge < -0.3 is 4.90 Å². The quantitative estimate of drug-likeness (QED) is 0.303. The largest absolute Gasteiger partial charge is 0.318 e. The van der Waals surface area contributed by atoms with Crippen molar-refractivity contribution in [2.24, 2.45) is 10.1 Å². The topological polar surface area (TPSA) is 96.1 Å². The molecule has 1 saturated heterocycles. The molecule has 0 saturated carbocycles. The predicted molar refractivity (Wildman–Crippen MR) is 124 cm³/mol. The molecule has 0 radical (unpaired) electrons. The lowest BCUT2D eigenvalue weighted by Gasteiger charge is -2.25. The lowest BCUT2D eigenvalue weighted by Crippen LogP contribution is -2.46. The van der Waals surface area contributed by atoms with Crippen LogP contribution in [0, 0.1) is 11.5 Å². The number of carbonyl (C=O) groups excluding carboxylic acids is 1. The average Bonchev–Trinajstić information content (AvgIpc) is 3.41. The van der Waals surface area contributed by atoms with Crippen molar-refractivity contribution in [3.8, 4) is 6.19 Å². The highest BCUT2D eigenvalue weighted by Crippen LogP contribution is 2.22. The van der Waals surface area contributed by atoms with Crippen LogP contribution in [0.5, 0.6) is 0 Å². The highest BCUT2D eigenvalue weighted by atomic mass is 35.5. The van der Waals surface area contributed by atoms with Crippen molar-refractivity contribution in [2.75, 3.05) is 26.3 Å². The van der Waals surface area contributed by atoms with E-state index < -0.39 is 0 Å². The first-order valence-electron chi connectivity index (χ1n) is 10.1. The van der Waals surface area contributed by atoms with Gasteiger partial charge >= 0.3 is 0 Å². The molecule has 1 atom stereocenters. The van der Waals surface area contributed by atoms with E-state index in [1.54, 1.807) is 22.0 Å². The molecule has 1 amide bonds. The minimum Gasteiger partial charge on any atom is -0.318 e. The van der Waals surface area contributed by atoms with E-state index in [0.717, 1.165) is 16.8 Å². The summed E-state index contributed by atoms with van der Waals surface area (Å²) >= 11 is 12.0. The van der Waals surface area contributed by atoms with Gasteiger partial charge in [-0.2, -0.15) is 10.4 Å². The van der Waals surface area contributed by atoms with E-state index >= 15 is 0 Å². The number of halogens is 2. The zero-order chi connectivity index (χ0) is 22.5. The monoisotopic (exact) mass is 469 g/mol. The van der Waals surface area contributed by atoms with Crippen molar-refractivity contribution in [2.45, 2.75) is 12.5 Å². The number of carbonyl (C=O) groups is 1. The highest BCUT2D eigenvalue weighted by Gasteiger charge is 2.38. The summed E-state index contributed by atoms with van der Waals surface area (Å²) in [7, 11) is 0. The molecule has 2 heterocycles. The third-order valence-electron chi connectivity index (χ3n) is 5.27. The summed E-state index contributed by atoms with van der Waals surface area (Å²) in [5, 5.41) is 22.6.